The van der Waals surface area contributed by atoms with E-state index in [0.29, 0.717) is 29.9 Å². The summed E-state index contributed by atoms with van der Waals surface area (Å²) in [7, 11) is 1.56. The number of nitrogens with zero attached hydrogens (tertiary/aromatic N) is 1. The van der Waals surface area contributed by atoms with Crippen molar-refractivity contribution in [1.29, 1.82) is 0 Å². The molecule has 0 unspecified atom stereocenters. The van der Waals surface area contributed by atoms with E-state index in [2.05, 4.69) is 20.8 Å². The van der Waals surface area contributed by atoms with Gasteiger partial charge < -0.3 is 14.6 Å². The van der Waals surface area contributed by atoms with Gasteiger partial charge >= 0.3 is 5.97 Å². The third-order valence-electron chi connectivity index (χ3n) is 5.11. The van der Waals surface area contributed by atoms with Gasteiger partial charge in [-0.2, -0.15) is 0 Å². The molecule has 1 heterocycles. The predicted octanol–water partition coefficient (Wildman–Crippen LogP) is 6.08. The lowest BCUT2D eigenvalue weighted by molar-refractivity contribution is -0.136. The molecule has 33 heavy (non-hydrogen) atoms. The van der Waals surface area contributed by atoms with Gasteiger partial charge in [-0.3, -0.25) is 9.78 Å². The molecule has 174 valence electrons. The Morgan fingerprint density at radius 3 is 2.52 bits per heavy atom. The molecule has 0 radical (unpaired) electrons. The number of hydrogen-bond donors (Lipinski definition) is 1. The molecule has 0 aliphatic rings. The number of rotatable bonds is 9. The highest BCUT2D eigenvalue weighted by molar-refractivity contribution is 5.68. The second-order valence-electron chi connectivity index (χ2n) is 9.21. The first kappa shape index (κ1) is 24.2. The maximum Gasteiger partial charge on any atom is 0.303 e. The number of hydrogen-bond acceptors (Lipinski definition) is 4. The average Bonchev–Trinajstić information content (AvgIpc) is 2.76. The lowest BCUT2D eigenvalue weighted by Crippen LogP contribution is -2.13. The molecule has 1 N–H and O–H groups in total. The normalized spacial score (nSPS) is 11.3. The monoisotopic (exact) mass is 451 g/mol. The lowest BCUT2D eigenvalue weighted by atomic mass is 9.87. The van der Waals surface area contributed by atoms with Gasteiger partial charge in [0.2, 0.25) is 0 Å². The first-order chi connectivity index (χ1) is 15.6. The molecule has 0 atom stereocenters. The van der Waals surface area contributed by atoms with Crippen LogP contribution in [0.4, 0.5) is 4.39 Å². The molecule has 3 rings (SSSR count). The number of aliphatic carboxylic acids is 1. The second kappa shape index (κ2) is 10.5. The van der Waals surface area contributed by atoms with Gasteiger partial charge in [0, 0.05) is 23.2 Å². The van der Waals surface area contributed by atoms with E-state index in [4.69, 9.17) is 19.6 Å². The van der Waals surface area contributed by atoms with E-state index >= 15 is 0 Å². The lowest BCUT2D eigenvalue weighted by Gasteiger charge is -2.21. The van der Waals surface area contributed by atoms with Gasteiger partial charge in [-0.1, -0.05) is 39.0 Å². The van der Waals surface area contributed by atoms with Gasteiger partial charge in [-0.15, -0.1) is 0 Å². The molecule has 6 heteroatoms. The van der Waals surface area contributed by atoms with E-state index < -0.39 is 5.97 Å². The molecule has 0 aliphatic heterocycles. The molecule has 0 bridgehead atoms. The zero-order valence-electron chi connectivity index (χ0n) is 19.5. The van der Waals surface area contributed by atoms with Crippen molar-refractivity contribution in [2.45, 2.75) is 46.6 Å². The molecular formula is C27H30FNO4. The van der Waals surface area contributed by atoms with Crippen LogP contribution in [0.3, 0.4) is 0 Å². The van der Waals surface area contributed by atoms with Crippen LogP contribution in [0.2, 0.25) is 0 Å². The fourth-order valence-electron chi connectivity index (χ4n) is 3.55. The summed E-state index contributed by atoms with van der Waals surface area (Å²) in [5.41, 5.74) is 3.58. The van der Waals surface area contributed by atoms with Crippen molar-refractivity contribution in [3.8, 4) is 22.6 Å². The summed E-state index contributed by atoms with van der Waals surface area (Å²) in [6, 6.07) is 15.8. The summed E-state index contributed by atoms with van der Waals surface area (Å²) in [6.07, 6.45) is 1.18. The second-order valence-corrected chi connectivity index (χ2v) is 9.21. The first-order valence-electron chi connectivity index (χ1n) is 10.9. The van der Waals surface area contributed by atoms with E-state index in [1.165, 1.54) is 6.07 Å². The maximum atomic E-state index is 14.7. The zero-order chi connectivity index (χ0) is 24.0. The zero-order valence-corrected chi connectivity index (χ0v) is 19.5. The number of benzene rings is 2. The van der Waals surface area contributed by atoms with Crippen LogP contribution in [0.25, 0.3) is 11.1 Å². The van der Waals surface area contributed by atoms with Crippen LogP contribution in [0.1, 0.15) is 44.1 Å². The third kappa shape index (κ3) is 7.04. The quantitative estimate of drug-likeness (QED) is 0.427. The van der Waals surface area contributed by atoms with Gasteiger partial charge in [-0.25, -0.2) is 4.39 Å². The summed E-state index contributed by atoms with van der Waals surface area (Å²) in [6.45, 7) is 6.60. The largest absolute Gasteiger partial charge is 0.497 e. The van der Waals surface area contributed by atoms with Crippen molar-refractivity contribution in [2.75, 3.05) is 7.11 Å². The Bertz CT molecular complexity index is 1120. The number of aromatic nitrogens is 1. The molecule has 0 saturated heterocycles. The SMILES string of the molecule is COc1ccc(F)c(-c2ccc(COc3cccc(CCC(=O)O)c3)nc2CC(C)(C)C)c1. The molecule has 0 amide bonds. The Balaban J connectivity index is 1.85. The summed E-state index contributed by atoms with van der Waals surface area (Å²) in [4.78, 5) is 15.6. The molecule has 3 aromatic rings. The Hall–Kier alpha value is -3.41. The minimum atomic E-state index is -0.829. The van der Waals surface area contributed by atoms with Gasteiger partial charge in [-0.05, 0) is 60.2 Å². The molecule has 2 aromatic carbocycles. The van der Waals surface area contributed by atoms with Gasteiger partial charge in [0.05, 0.1) is 12.8 Å². The smallest absolute Gasteiger partial charge is 0.303 e. The number of pyridine rings is 1. The van der Waals surface area contributed by atoms with E-state index in [1.54, 1.807) is 19.2 Å². The number of carboxylic acid groups (broad SMARTS) is 1. The molecule has 0 aliphatic carbocycles. The summed E-state index contributed by atoms with van der Waals surface area (Å²) >= 11 is 0. The minimum absolute atomic E-state index is 0.0466. The first-order valence-corrected chi connectivity index (χ1v) is 10.9. The Labute approximate surface area is 194 Å². The fourth-order valence-corrected chi connectivity index (χ4v) is 3.55. The van der Waals surface area contributed by atoms with Crippen molar-refractivity contribution < 1.29 is 23.8 Å². The molecule has 5 nitrogen and oxygen atoms in total. The highest BCUT2D eigenvalue weighted by Crippen LogP contribution is 2.32. The van der Waals surface area contributed by atoms with Crippen molar-refractivity contribution in [2.24, 2.45) is 5.41 Å². The molecular weight excluding hydrogens is 421 g/mol. The van der Waals surface area contributed by atoms with E-state index in [-0.39, 0.29) is 24.3 Å². The van der Waals surface area contributed by atoms with Crippen LogP contribution in [-0.4, -0.2) is 23.2 Å². The topological polar surface area (TPSA) is 68.7 Å². The van der Waals surface area contributed by atoms with Crippen molar-refractivity contribution >= 4 is 5.97 Å². The average molecular weight is 452 g/mol. The van der Waals surface area contributed by atoms with Crippen molar-refractivity contribution in [3.63, 3.8) is 0 Å². The minimum Gasteiger partial charge on any atom is -0.497 e. The van der Waals surface area contributed by atoms with Crippen LogP contribution in [0.5, 0.6) is 11.5 Å². The van der Waals surface area contributed by atoms with Gasteiger partial charge in [0.1, 0.15) is 23.9 Å². The Morgan fingerprint density at radius 1 is 1.03 bits per heavy atom. The Kier molecular flexibility index (Phi) is 7.69. The highest BCUT2D eigenvalue weighted by atomic mass is 19.1. The number of ether oxygens (including phenoxy) is 2. The summed E-state index contributed by atoms with van der Waals surface area (Å²) in [5, 5.41) is 8.88. The fraction of sp³-hybridized carbons (Fsp3) is 0.333. The van der Waals surface area contributed by atoms with Crippen LogP contribution in [0.15, 0.2) is 54.6 Å². The maximum absolute atomic E-state index is 14.7. The van der Waals surface area contributed by atoms with Crippen LogP contribution >= 0.6 is 0 Å². The van der Waals surface area contributed by atoms with Gasteiger partial charge in [0.15, 0.2) is 0 Å². The van der Waals surface area contributed by atoms with E-state index in [0.717, 1.165) is 22.5 Å². The summed E-state index contributed by atoms with van der Waals surface area (Å²) < 4.78 is 25.9. The molecule has 0 saturated carbocycles. The Morgan fingerprint density at radius 2 is 1.82 bits per heavy atom. The van der Waals surface area contributed by atoms with Crippen molar-refractivity contribution in [3.05, 3.63) is 77.4 Å². The van der Waals surface area contributed by atoms with Crippen LogP contribution in [0, 0.1) is 11.2 Å². The number of methoxy groups -OCH3 is 1. The number of carboxylic acids is 1. The summed E-state index contributed by atoms with van der Waals surface area (Å²) in [5.74, 6) is 0.0858. The highest BCUT2D eigenvalue weighted by Gasteiger charge is 2.19. The number of aryl methyl sites for hydroxylation is 1. The number of carbonyl (C=O) groups is 1. The molecule has 0 spiro atoms. The third-order valence-corrected chi connectivity index (χ3v) is 5.11. The van der Waals surface area contributed by atoms with Gasteiger partial charge in [0.25, 0.3) is 0 Å². The standard InChI is InChI=1S/C27H30FNO4/c1-27(2,3)16-25-22(23-15-20(32-4)10-12-24(23)28)11-9-19(29-25)17-33-21-7-5-6-18(14-21)8-13-26(30)31/h5-7,9-12,14-15H,8,13,16-17H2,1-4H3,(H,30,31). The van der Waals surface area contributed by atoms with E-state index in [9.17, 15) is 9.18 Å². The number of halogens is 1. The molecule has 0 fully saturated rings. The van der Waals surface area contributed by atoms with Crippen LogP contribution in [-0.2, 0) is 24.2 Å². The molecule has 1 aromatic heterocycles. The van der Waals surface area contributed by atoms with E-state index in [1.807, 2.05) is 36.4 Å². The predicted molar refractivity (Wildman–Crippen MR) is 126 cm³/mol. The van der Waals surface area contributed by atoms with Crippen LogP contribution < -0.4 is 9.47 Å². The van der Waals surface area contributed by atoms with Crippen molar-refractivity contribution in [1.82, 2.24) is 4.98 Å².